The van der Waals surface area contributed by atoms with Gasteiger partial charge in [0.15, 0.2) is 0 Å². The molecule has 0 bridgehead atoms. The Kier molecular flexibility index (Phi) is 7.69. The molecule has 0 saturated carbocycles. The molecule has 1 heterocycles. The van der Waals surface area contributed by atoms with Crippen molar-refractivity contribution in [2.45, 2.75) is 52.9 Å². The van der Waals surface area contributed by atoms with Crippen LogP contribution in [-0.2, 0) is 21.4 Å². The maximum absolute atomic E-state index is 12.9. The molecule has 6 nitrogen and oxygen atoms in total. The van der Waals surface area contributed by atoms with Crippen molar-refractivity contribution in [1.82, 2.24) is 14.7 Å². The molecule has 1 N–H and O–H groups in total. The second-order valence-corrected chi connectivity index (χ2v) is 9.30. The first-order valence-electron chi connectivity index (χ1n) is 11.5. The number of hydrogen-bond donors (Lipinski definition) is 1. The largest absolute Gasteiger partial charge is 0.334 e. The van der Waals surface area contributed by atoms with Gasteiger partial charge in [-0.1, -0.05) is 69.3 Å². The smallest absolute Gasteiger partial charge is 0.245 e. The van der Waals surface area contributed by atoms with Crippen LogP contribution >= 0.6 is 0 Å². The molecule has 3 aromatic rings. The molecule has 0 fully saturated rings. The molecule has 0 radical (unpaired) electrons. The number of amides is 2. The van der Waals surface area contributed by atoms with E-state index >= 15 is 0 Å². The highest BCUT2D eigenvalue weighted by atomic mass is 16.2. The molecule has 0 unspecified atom stereocenters. The predicted octanol–water partition coefficient (Wildman–Crippen LogP) is 4.90. The van der Waals surface area contributed by atoms with Gasteiger partial charge in [0.1, 0.15) is 5.82 Å². The third-order valence-corrected chi connectivity index (χ3v) is 5.63. The minimum Gasteiger partial charge on any atom is -0.334 e. The van der Waals surface area contributed by atoms with Crippen LogP contribution in [0, 0.1) is 6.92 Å². The lowest BCUT2D eigenvalue weighted by Gasteiger charge is -2.20. The highest BCUT2D eigenvalue weighted by Crippen LogP contribution is 2.27. The monoisotopic (exact) mass is 446 g/mol. The fourth-order valence-electron chi connectivity index (χ4n) is 3.61. The molecular weight excluding hydrogens is 412 g/mol. The highest BCUT2D eigenvalue weighted by molar-refractivity contribution is 5.94. The van der Waals surface area contributed by atoms with Crippen LogP contribution in [0.2, 0.25) is 0 Å². The number of carbonyl (C=O) groups excluding carboxylic acids is 2. The molecule has 6 heteroatoms. The average Bonchev–Trinajstić information content (AvgIpc) is 3.20. The van der Waals surface area contributed by atoms with E-state index in [1.807, 2.05) is 74.5 Å². The van der Waals surface area contributed by atoms with Gasteiger partial charge in [0.2, 0.25) is 11.8 Å². The van der Waals surface area contributed by atoms with Gasteiger partial charge in [0.25, 0.3) is 0 Å². The van der Waals surface area contributed by atoms with E-state index in [4.69, 9.17) is 5.10 Å². The number of nitrogens with zero attached hydrogens (tertiary/aromatic N) is 3. The summed E-state index contributed by atoms with van der Waals surface area (Å²) in [6, 6.07) is 19.8. The third-order valence-electron chi connectivity index (χ3n) is 5.63. The Morgan fingerprint density at radius 3 is 2.33 bits per heavy atom. The van der Waals surface area contributed by atoms with E-state index < -0.39 is 0 Å². The first-order chi connectivity index (χ1) is 15.7. The van der Waals surface area contributed by atoms with Crippen molar-refractivity contribution in [3.8, 4) is 5.69 Å². The first kappa shape index (κ1) is 24.2. The van der Waals surface area contributed by atoms with E-state index in [0.717, 1.165) is 22.5 Å². The Labute approximate surface area is 196 Å². The number of anilines is 1. The molecule has 1 aromatic heterocycles. The van der Waals surface area contributed by atoms with Gasteiger partial charge in [-0.2, -0.15) is 5.10 Å². The van der Waals surface area contributed by atoms with Crippen LogP contribution in [0.1, 0.15) is 50.9 Å². The number of likely N-dealkylation sites (N-methyl/N-ethyl adjacent to an activating group) is 1. The minimum absolute atomic E-state index is 0.00786. The Hall–Kier alpha value is -3.41. The zero-order chi connectivity index (χ0) is 24.0. The van der Waals surface area contributed by atoms with Crippen LogP contribution in [0.4, 0.5) is 5.82 Å². The van der Waals surface area contributed by atoms with E-state index in [-0.39, 0.29) is 23.8 Å². The van der Waals surface area contributed by atoms with Crippen LogP contribution in [0.25, 0.3) is 5.69 Å². The average molecular weight is 447 g/mol. The number of rotatable bonds is 8. The lowest BCUT2D eigenvalue weighted by Crippen LogP contribution is -2.38. The minimum atomic E-state index is -0.236. The molecule has 3 rings (SSSR count). The molecule has 2 amide bonds. The Bertz CT molecular complexity index is 1100. The number of benzene rings is 2. The van der Waals surface area contributed by atoms with E-state index in [1.54, 1.807) is 9.58 Å². The van der Waals surface area contributed by atoms with E-state index in [9.17, 15) is 9.59 Å². The van der Waals surface area contributed by atoms with Crippen LogP contribution in [0.3, 0.4) is 0 Å². The molecule has 0 aliphatic heterocycles. The van der Waals surface area contributed by atoms with Gasteiger partial charge >= 0.3 is 0 Å². The summed E-state index contributed by atoms with van der Waals surface area (Å²) < 4.78 is 1.78. The lowest BCUT2D eigenvalue weighted by molar-refractivity contribution is -0.134. The molecule has 0 saturated heterocycles. The van der Waals surface area contributed by atoms with Gasteiger partial charge < -0.3 is 10.2 Å². The third kappa shape index (κ3) is 6.31. The molecule has 0 aliphatic rings. The fourth-order valence-corrected chi connectivity index (χ4v) is 3.61. The molecule has 0 atom stereocenters. The SMILES string of the molecule is CCN(CC(=O)Nc1cc(C(C)(C)C)nn1-c1ccccc1C)C(=O)CCc1ccccc1. The van der Waals surface area contributed by atoms with Gasteiger partial charge in [0.05, 0.1) is 17.9 Å². The second-order valence-electron chi connectivity index (χ2n) is 9.30. The maximum atomic E-state index is 12.9. The maximum Gasteiger partial charge on any atom is 0.245 e. The van der Waals surface area contributed by atoms with Crippen LogP contribution in [-0.4, -0.2) is 39.6 Å². The zero-order valence-electron chi connectivity index (χ0n) is 20.3. The molecular formula is C27H34N4O2. The van der Waals surface area contributed by atoms with Crippen molar-refractivity contribution in [3.05, 3.63) is 77.5 Å². The topological polar surface area (TPSA) is 67.2 Å². The number of aromatic nitrogens is 2. The summed E-state index contributed by atoms with van der Waals surface area (Å²) >= 11 is 0. The summed E-state index contributed by atoms with van der Waals surface area (Å²) in [5, 5.41) is 7.77. The Morgan fingerprint density at radius 2 is 1.70 bits per heavy atom. The van der Waals surface area contributed by atoms with Crippen molar-refractivity contribution in [1.29, 1.82) is 0 Å². The summed E-state index contributed by atoms with van der Waals surface area (Å²) in [6.07, 6.45) is 1.03. The quantitative estimate of drug-likeness (QED) is 0.535. The van der Waals surface area contributed by atoms with Gasteiger partial charge in [-0.25, -0.2) is 4.68 Å². The molecule has 0 spiro atoms. The van der Waals surface area contributed by atoms with Crippen molar-refractivity contribution in [2.75, 3.05) is 18.4 Å². The van der Waals surface area contributed by atoms with Gasteiger partial charge in [-0.3, -0.25) is 9.59 Å². The molecule has 174 valence electrons. The summed E-state index contributed by atoms with van der Waals surface area (Å²) in [5.74, 6) is 0.339. The van der Waals surface area contributed by atoms with E-state index in [2.05, 4.69) is 26.1 Å². The fraction of sp³-hybridized carbons (Fsp3) is 0.370. The molecule has 0 aliphatic carbocycles. The zero-order valence-corrected chi connectivity index (χ0v) is 20.3. The van der Waals surface area contributed by atoms with Crippen molar-refractivity contribution in [2.24, 2.45) is 0 Å². The summed E-state index contributed by atoms with van der Waals surface area (Å²) in [6.45, 7) is 10.7. The lowest BCUT2D eigenvalue weighted by atomic mass is 9.92. The molecule has 2 aromatic carbocycles. The summed E-state index contributed by atoms with van der Waals surface area (Å²) in [7, 11) is 0. The number of para-hydroxylation sites is 1. The van der Waals surface area contributed by atoms with Crippen molar-refractivity contribution in [3.63, 3.8) is 0 Å². The number of nitrogens with one attached hydrogen (secondary N) is 1. The number of aryl methyl sites for hydroxylation is 2. The first-order valence-corrected chi connectivity index (χ1v) is 11.5. The number of carbonyl (C=O) groups is 2. The van der Waals surface area contributed by atoms with Gasteiger partial charge in [-0.15, -0.1) is 0 Å². The Morgan fingerprint density at radius 1 is 1.03 bits per heavy atom. The second kappa shape index (κ2) is 10.5. The van der Waals surface area contributed by atoms with Crippen molar-refractivity contribution < 1.29 is 9.59 Å². The molecule has 33 heavy (non-hydrogen) atoms. The highest BCUT2D eigenvalue weighted by Gasteiger charge is 2.23. The van der Waals surface area contributed by atoms with Gasteiger partial charge in [-0.05, 0) is 37.5 Å². The van der Waals surface area contributed by atoms with E-state index in [1.165, 1.54) is 0 Å². The van der Waals surface area contributed by atoms with Crippen molar-refractivity contribution >= 4 is 17.6 Å². The number of hydrogen-bond acceptors (Lipinski definition) is 3. The van der Waals surface area contributed by atoms with E-state index in [0.29, 0.717) is 25.2 Å². The van der Waals surface area contributed by atoms with Gasteiger partial charge in [0, 0.05) is 24.4 Å². The Balaban J connectivity index is 1.73. The van der Waals surface area contributed by atoms with Crippen LogP contribution in [0.15, 0.2) is 60.7 Å². The summed E-state index contributed by atoms with van der Waals surface area (Å²) in [5.41, 5.74) is 3.80. The summed E-state index contributed by atoms with van der Waals surface area (Å²) in [4.78, 5) is 27.3. The van der Waals surface area contributed by atoms with Crippen LogP contribution < -0.4 is 5.32 Å². The predicted molar refractivity (Wildman–Crippen MR) is 133 cm³/mol. The van der Waals surface area contributed by atoms with Crippen LogP contribution in [0.5, 0.6) is 0 Å². The standard InChI is InChI=1S/C27H34N4O2/c1-6-30(26(33)17-16-21-13-8-7-9-14-21)19-25(32)28-24-18-23(27(3,4)5)29-31(24)22-15-11-10-12-20(22)2/h7-15,18H,6,16-17,19H2,1-5H3,(H,28,32). The normalized spacial score (nSPS) is 11.3.